The van der Waals surface area contributed by atoms with Gasteiger partial charge in [-0.1, -0.05) is 20.8 Å². The number of nitrogens with one attached hydrogen (secondary N) is 1. The van der Waals surface area contributed by atoms with Gasteiger partial charge in [0.1, 0.15) is 0 Å². The molecule has 0 amide bonds. The quantitative estimate of drug-likeness (QED) is 0.798. The summed E-state index contributed by atoms with van der Waals surface area (Å²) in [5.41, 5.74) is 2.03. The molecular weight excluding hydrogens is 214 g/mol. The first-order valence-electron chi connectivity index (χ1n) is 6.30. The Bertz CT molecular complexity index is 353. The lowest BCUT2D eigenvalue weighted by Gasteiger charge is -2.11. The van der Waals surface area contributed by atoms with Crippen molar-refractivity contribution in [1.82, 2.24) is 9.97 Å². The summed E-state index contributed by atoms with van der Waals surface area (Å²) in [6.45, 7) is 8.89. The van der Waals surface area contributed by atoms with Crippen LogP contribution >= 0.6 is 0 Å². The molecule has 0 aliphatic heterocycles. The van der Waals surface area contributed by atoms with E-state index >= 15 is 0 Å². The highest BCUT2D eigenvalue weighted by molar-refractivity contribution is 5.28. The van der Waals surface area contributed by atoms with Crippen LogP contribution in [0.2, 0.25) is 0 Å². The molecule has 0 radical (unpaired) electrons. The van der Waals surface area contributed by atoms with E-state index in [1.807, 2.05) is 19.9 Å². The molecule has 4 heteroatoms. The van der Waals surface area contributed by atoms with E-state index in [2.05, 4.69) is 29.1 Å². The van der Waals surface area contributed by atoms with Crippen molar-refractivity contribution in [2.24, 2.45) is 0 Å². The zero-order valence-electron chi connectivity index (χ0n) is 11.2. The molecule has 1 rings (SSSR count). The Balaban J connectivity index is 2.59. The molecule has 1 aromatic rings. The summed E-state index contributed by atoms with van der Waals surface area (Å²) in [7, 11) is 0. The van der Waals surface area contributed by atoms with Crippen molar-refractivity contribution in [3.05, 3.63) is 17.5 Å². The monoisotopic (exact) mass is 237 g/mol. The number of hydrogen-bond donors (Lipinski definition) is 2. The van der Waals surface area contributed by atoms with Crippen LogP contribution in [-0.4, -0.2) is 27.7 Å². The van der Waals surface area contributed by atoms with Gasteiger partial charge in [-0.3, -0.25) is 0 Å². The number of aryl methyl sites for hydroxylation is 1. The first-order chi connectivity index (χ1) is 8.02. The normalized spacial score (nSPS) is 12.8. The Labute approximate surface area is 103 Å². The maximum absolute atomic E-state index is 9.45. The number of hydrogen-bond acceptors (Lipinski definition) is 4. The molecule has 0 bridgehead atoms. The molecule has 0 aliphatic rings. The molecule has 0 aliphatic carbocycles. The molecule has 0 saturated carbocycles. The van der Waals surface area contributed by atoms with Gasteiger partial charge in [-0.2, -0.15) is 0 Å². The van der Waals surface area contributed by atoms with Crippen LogP contribution in [0.3, 0.4) is 0 Å². The number of aliphatic hydroxyl groups is 1. The molecule has 1 heterocycles. The summed E-state index contributed by atoms with van der Waals surface area (Å²) in [6, 6.07) is 2.01. The van der Waals surface area contributed by atoms with Crippen molar-refractivity contribution in [3.8, 4) is 0 Å². The Kier molecular flexibility index (Phi) is 5.35. The fraction of sp³-hybridized carbons (Fsp3) is 0.692. The third-order valence-electron chi connectivity index (χ3n) is 2.70. The van der Waals surface area contributed by atoms with E-state index in [0.29, 0.717) is 18.4 Å². The fourth-order valence-corrected chi connectivity index (χ4v) is 1.52. The maximum Gasteiger partial charge on any atom is 0.223 e. The van der Waals surface area contributed by atoms with Gasteiger partial charge in [0.2, 0.25) is 5.95 Å². The van der Waals surface area contributed by atoms with Crippen LogP contribution in [0.15, 0.2) is 6.07 Å². The van der Waals surface area contributed by atoms with Crippen molar-refractivity contribution in [2.75, 3.05) is 11.9 Å². The first-order valence-corrected chi connectivity index (χ1v) is 6.30. The zero-order chi connectivity index (χ0) is 12.8. The van der Waals surface area contributed by atoms with Crippen LogP contribution in [0.4, 0.5) is 5.95 Å². The van der Waals surface area contributed by atoms with Gasteiger partial charge in [-0.05, 0) is 31.7 Å². The smallest absolute Gasteiger partial charge is 0.223 e. The van der Waals surface area contributed by atoms with Crippen molar-refractivity contribution in [3.63, 3.8) is 0 Å². The van der Waals surface area contributed by atoms with Gasteiger partial charge in [0.05, 0.1) is 6.10 Å². The van der Waals surface area contributed by atoms with Crippen molar-refractivity contribution >= 4 is 5.95 Å². The second kappa shape index (κ2) is 6.55. The molecule has 1 atom stereocenters. The Morgan fingerprint density at radius 2 is 2.06 bits per heavy atom. The molecule has 0 fully saturated rings. The Hall–Kier alpha value is -1.16. The number of nitrogens with zero attached hydrogens (tertiary/aromatic N) is 2. The lowest BCUT2D eigenvalue weighted by molar-refractivity contribution is 0.164. The average molecular weight is 237 g/mol. The van der Waals surface area contributed by atoms with E-state index in [4.69, 9.17) is 0 Å². The molecule has 4 nitrogen and oxygen atoms in total. The van der Waals surface area contributed by atoms with Crippen LogP contribution in [-0.2, 0) is 0 Å². The summed E-state index contributed by atoms with van der Waals surface area (Å²) in [5.74, 6) is 1.07. The van der Waals surface area contributed by atoms with E-state index in [1.54, 1.807) is 0 Å². The van der Waals surface area contributed by atoms with Gasteiger partial charge in [0, 0.05) is 17.9 Å². The number of aromatic nitrogens is 2. The lowest BCUT2D eigenvalue weighted by Crippen LogP contribution is -2.14. The highest BCUT2D eigenvalue weighted by atomic mass is 16.3. The van der Waals surface area contributed by atoms with Gasteiger partial charge in [0.25, 0.3) is 0 Å². The van der Waals surface area contributed by atoms with Gasteiger partial charge in [-0.15, -0.1) is 0 Å². The molecule has 96 valence electrons. The molecule has 0 aromatic carbocycles. The summed E-state index contributed by atoms with van der Waals surface area (Å²) < 4.78 is 0. The largest absolute Gasteiger partial charge is 0.393 e. The van der Waals surface area contributed by atoms with Crippen LogP contribution in [0.1, 0.15) is 50.9 Å². The molecule has 17 heavy (non-hydrogen) atoms. The molecular formula is C13H23N3O. The fourth-order valence-electron chi connectivity index (χ4n) is 1.52. The van der Waals surface area contributed by atoms with Gasteiger partial charge < -0.3 is 10.4 Å². The second-order valence-electron chi connectivity index (χ2n) is 4.69. The van der Waals surface area contributed by atoms with E-state index in [1.165, 1.54) is 0 Å². The van der Waals surface area contributed by atoms with Crippen molar-refractivity contribution in [2.45, 2.75) is 52.6 Å². The molecule has 1 aromatic heterocycles. The minimum absolute atomic E-state index is 0.239. The summed E-state index contributed by atoms with van der Waals surface area (Å²) >= 11 is 0. The van der Waals surface area contributed by atoms with E-state index in [-0.39, 0.29) is 6.10 Å². The molecule has 0 saturated heterocycles. The van der Waals surface area contributed by atoms with Crippen molar-refractivity contribution < 1.29 is 5.11 Å². The third-order valence-corrected chi connectivity index (χ3v) is 2.70. The molecule has 1 unspecified atom stereocenters. The predicted octanol–water partition coefficient (Wildman–Crippen LogP) is 2.48. The van der Waals surface area contributed by atoms with Gasteiger partial charge in [0.15, 0.2) is 0 Å². The van der Waals surface area contributed by atoms with E-state index < -0.39 is 0 Å². The highest BCUT2D eigenvalue weighted by Crippen LogP contribution is 2.14. The Morgan fingerprint density at radius 1 is 1.35 bits per heavy atom. The number of rotatable bonds is 6. The van der Waals surface area contributed by atoms with E-state index in [0.717, 1.165) is 24.2 Å². The summed E-state index contributed by atoms with van der Waals surface area (Å²) in [5, 5.41) is 12.6. The number of anilines is 1. The maximum atomic E-state index is 9.45. The SMILES string of the molecule is CCC(O)CCNc1nc(C)cc(C(C)C)n1. The van der Waals surface area contributed by atoms with Crippen molar-refractivity contribution in [1.29, 1.82) is 0 Å². The minimum atomic E-state index is -0.239. The summed E-state index contributed by atoms with van der Waals surface area (Å²) in [6.07, 6.45) is 1.27. The minimum Gasteiger partial charge on any atom is -0.393 e. The first kappa shape index (κ1) is 13.9. The van der Waals surface area contributed by atoms with E-state index in [9.17, 15) is 5.11 Å². The lowest BCUT2D eigenvalue weighted by atomic mass is 10.1. The standard InChI is InChI=1S/C13H23N3O/c1-5-11(17)6-7-14-13-15-10(4)8-12(16-13)9(2)3/h8-9,11,17H,5-7H2,1-4H3,(H,14,15,16). The van der Waals surface area contributed by atoms with Crippen LogP contribution in [0.5, 0.6) is 0 Å². The molecule has 2 N–H and O–H groups in total. The number of aliphatic hydroxyl groups excluding tert-OH is 1. The topological polar surface area (TPSA) is 58.0 Å². The average Bonchev–Trinajstić information content (AvgIpc) is 2.28. The van der Waals surface area contributed by atoms with Crippen LogP contribution in [0.25, 0.3) is 0 Å². The zero-order valence-corrected chi connectivity index (χ0v) is 11.2. The molecule has 0 spiro atoms. The predicted molar refractivity (Wildman–Crippen MR) is 70.3 cm³/mol. The highest BCUT2D eigenvalue weighted by Gasteiger charge is 2.06. The Morgan fingerprint density at radius 3 is 2.65 bits per heavy atom. The van der Waals surface area contributed by atoms with Crippen LogP contribution in [0, 0.1) is 6.92 Å². The van der Waals surface area contributed by atoms with Gasteiger partial charge >= 0.3 is 0 Å². The third kappa shape index (κ3) is 4.69. The second-order valence-corrected chi connectivity index (χ2v) is 4.69. The van der Waals surface area contributed by atoms with Gasteiger partial charge in [-0.25, -0.2) is 9.97 Å². The summed E-state index contributed by atoms with van der Waals surface area (Å²) in [4.78, 5) is 8.79. The van der Waals surface area contributed by atoms with Crippen LogP contribution < -0.4 is 5.32 Å².